The Morgan fingerprint density at radius 2 is 2.20 bits per heavy atom. The van der Waals surface area contributed by atoms with Crippen molar-refractivity contribution in [2.45, 2.75) is 6.92 Å². The average Bonchev–Trinajstić information content (AvgIpc) is 2.24. The fraction of sp³-hybridized carbons (Fsp3) is 0.273. The van der Waals surface area contributed by atoms with Gasteiger partial charge in [0, 0.05) is 6.08 Å². The largest absolute Gasteiger partial charge is 0.452 e. The van der Waals surface area contributed by atoms with Crippen LogP contribution < -0.4 is 5.32 Å². The van der Waals surface area contributed by atoms with E-state index in [4.69, 9.17) is 6.42 Å². The van der Waals surface area contributed by atoms with Gasteiger partial charge in [-0.25, -0.2) is 4.79 Å². The van der Waals surface area contributed by atoms with Crippen molar-refractivity contribution in [1.82, 2.24) is 5.32 Å². The molecular weight excluding hydrogens is 194 g/mol. The highest BCUT2D eigenvalue weighted by Gasteiger charge is 2.02. The molecule has 0 saturated carbocycles. The number of esters is 1. The van der Waals surface area contributed by atoms with E-state index >= 15 is 0 Å². The third-order valence-electron chi connectivity index (χ3n) is 1.27. The summed E-state index contributed by atoms with van der Waals surface area (Å²) in [6, 6.07) is 0. The van der Waals surface area contributed by atoms with Gasteiger partial charge in [-0.2, -0.15) is 0 Å². The Morgan fingerprint density at radius 1 is 1.47 bits per heavy atom. The van der Waals surface area contributed by atoms with Crippen LogP contribution in [0.25, 0.3) is 0 Å². The Morgan fingerprint density at radius 3 is 2.80 bits per heavy atom. The molecule has 15 heavy (non-hydrogen) atoms. The van der Waals surface area contributed by atoms with Crippen molar-refractivity contribution in [2.75, 3.05) is 13.2 Å². The van der Waals surface area contributed by atoms with Crippen molar-refractivity contribution in [3.05, 3.63) is 24.3 Å². The zero-order chi connectivity index (χ0) is 11.5. The molecule has 0 aromatic rings. The maximum Gasteiger partial charge on any atom is 0.331 e. The van der Waals surface area contributed by atoms with E-state index in [0.29, 0.717) is 0 Å². The Labute approximate surface area is 89.0 Å². The Bertz CT molecular complexity index is 310. The molecule has 0 fully saturated rings. The fourth-order valence-corrected chi connectivity index (χ4v) is 0.631. The third kappa shape index (κ3) is 8.31. The molecule has 0 aliphatic carbocycles. The van der Waals surface area contributed by atoms with Crippen LogP contribution in [0.2, 0.25) is 0 Å². The minimum absolute atomic E-state index is 0.130. The summed E-state index contributed by atoms with van der Waals surface area (Å²) in [7, 11) is 0. The van der Waals surface area contributed by atoms with Crippen LogP contribution in [0.3, 0.4) is 0 Å². The minimum atomic E-state index is -0.566. The molecule has 0 aliphatic heterocycles. The predicted octanol–water partition coefficient (Wildman–Crippen LogP) is 0.411. The zero-order valence-electron chi connectivity index (χ0n) is 8.53. The molecule has 0 radical (unpaired) electrons. The second-order valence-corrected chi connectivity index (χ2v) is 2.47. The molecule has 0 heterocycles. The molecule has 4 nitrogen and oxygen atoms in total. The van der Waals surface area contributed by atoms with Crippen molar-refractivity contribution in [3.8, 4) is 12.3 Å². The molecule has 0 aliphatic rings. The maximum absolute atomic E-state index is 10.9. The summed E-state index contributed by atoms with van der Waals surface area (Å²) < 4.78 is 4.61. The van der Waals surface area contributed by atoms with Gasteiger partial charge < -0.3 is 10.1 Å². The van der Waals surface area contributed by atoms with Gasteiger partial charge in [-0.3, -0.25) is 4.79 Å². The minimum Gasteiger partial charge on any atom is -0.452 e. The highest BCUT2D eigenvalue weighted by atomic mass is 16.5. The maximum atomic E-state index is 10.9. The smallest absolute Gasteiger partial charge is 0.331 e. The van der Waals surface area contributed by atoms with Gasteiger partial charge >= 0.3 is 5.97 Å². The number of ether oxygens (including phenoxy) is 1. The number of nitrogens with one attached hydrogen (secondary N) is 1. The summed E-state index contributed by atoms with van der Waals surface area (Å²) in [5, 5.41) is 2.36. The van der Waals surface area contributed by atoms with E-state index in [0.717, 1.165) is 0 Å². The normalized spacial score (nSPS) is 10.1. The van der Waals surface area contributed by atoms with Gasteiger partial charge in [0.1, 0.15) is 0 Å². The van der Waals surface area contributed by atoms with E-state index in [1.54, 1.807) is 12.2 Å². The molecule has 1 amide bonds. The van der Waals surface area contributed by atoms with Crippen LogP contribution >= 0.6 is 0 Å². The van der Waals surface area contributed by atoms with Gasteiger partial charge in [0.2, 0.25) is 0 Å². The summed E-state index contributed by atoms with van der Waals surface area (Å²) in [4.78, 5) is 21.8. The van der Waals surface area contributed by atoms with Crippen LogP contribution in [-0.4, -0.2) is 25.0 Å². The van der Waals surface area contributed by atoms with Crippen molar-refractivity contribution >= 4 is 11.9 Å². The molecular formula is C11H13NO3. The first-order valence-corrected chi connectivity index (χ1v) is 4.37. The lowest BCUT2D eigenvalue weighted by molar-refractivity contribution is -0.143. The molecule has 0 atom stereocenters. The average molecular weight is 207 g/mol. The summed E-state index contributed by atoms with van der Waals surface area (Å²) in [6.07, 6.45) is 11.1. The van der Waals surface area contributed by atoms with E-state index in [-0.39, 0.29) is 13.2 Å². The molecule has 4 heteroatoms. The van der Waals surface area contributed by atoms with Crippen molar-refractivity contribution in [2.24, 2.45) is 0 Å². The molecule has 1 N–H and O–H groups in total. The lowest BCUT2D eigenvalue weighted by Crippen LogP contribution is -2.28. The Kier molecular flexibility index (Phi) is 7.42. The highest BCUT2D eigenvalue weighted by molar-refractivity contribution is 5.85. The van der Waals surface area contributed by atoms with Gasteiger partial charge in [-0.1, -0.05) is 24.1 Å². The van der Waals surface area contributed by atoms with Gasteiger partial charge in [-0.05, 0) is 6.92 Å². The van der Waals surface area contributed by atoms with Crippen molar-refractivity contribution in [3.63, 3.8) is 0 Å². The summed E-state index contributed by atoms with van der Waals surface area (Å²) in [6.45, 7) is 1.63. The third-order valence-corrected chi connectivity index (χ3v) is 1.27. The lowest BCUT2D eigenvalue weighted by atomic mass is 10.4. The molecule has 0 saturated heterocycles. The van der Waals surface area contributed by atoms with Crippen molar-refractivity contribution < 1.29 is 14.3 Å². The van der Waals surface area contributed by atoms with Crippen LogP contribution in [0.15, 0.2) is 24.3 Å². The van der Waals surface area contributed by atoms with Crippen LogP contribution in [-0.2, 0) is 14.3 Å². The van der Waals surface area contributed by atoms with Gasteiger partial charge in [0.15, 0.2) is 6.61 Å². The molecule has 80 valence electrons. The monoisotopic (exact) mass is 207 g/mol. The fourth-order valence-electron chi connectivity index (χ4n) is 0.631. The first-order valence-electron chi connectivity index (χ1n) is 4.37. The number of carbonyl (C=O) groups is 2. The van der Waals surface area contributed by atoms with E-state index in [9.17, 15) is 9.59 Å². The van der Waals surface area contributed by atoms with Gasteiger partial charge in [-0.15, -0.1) is 6.42 Å². The van der Waals surface area contributed by atoms with Gasteiger partial charge in [0.25, 0.3) is 5.91 Å². The SMILES string of the molecule is C#CCNC(=O)COC(=O)/C=C/C=C/C. The molecule has 0 spiro atoms. The lowest BCUT2D eigenvalue weighted by Gasteiger charge is -2.01. The Balaban J connectivity index is 3.72. The van der Waals surface area contributed by atoms with Gasteiger partial charge in [0.05, 0.1) is 6.54 Å². The number of rotatable bonds is 5. The van der Waals surface area contributed by atoms with E-state index in [1.807, 2.05) is 6.92 Å². The number of terminal acetylenes is 1. The number of allylic oxidation sites excluding steroid dienone is 3. The molecule has 0 aromatic carbocycles. The van der Waals surface area contributed by atoms with E-state index in [1.165, 1.54) is 12.2 Å². The molecule has 0 unspecified atom stereocenters. The van der Waals surface area contributed by atoms with Crippen LogP contribution in [0.1, 0.15) is 6.92 Å². The number of hydrogen-bond acceptors (Lipinski definition) is 3. The summed E-state index contributed by atoms with van der Waals surface area (Å²) in [5.41, 5.74) is 0. The Hall–Kier alpha value is -2.02. The predicted molar refractivity (Wildman–Crippen MR) is 56.8 cm³/mol. The van der Waals surface area contributed by atoms with Crippen LogP contribution in [0, 0.1) is 12.3 Å². The highest BCUT2D eigenvalue weighted by Crippen LogP contribution is 1.83. The standard InChI is InChI=1S/C11H13NO3/c1-3-5-6-7-11(14)15-9-10(13)12-8-4-2/h2-3,5-7H,8-9H2,1H3,(H,12,13)/b5-3+,7-6+. The zero-order valence-corrected chi connectivity index (χ0v) is 8.53. The number of hydrogen-bond donors (Lipinski definition) is 1. The van der Waals surface area contributed by atoms with E-state index in [2.05, 4.69) is 16.0 Å². The number of amides is 1. The van der Waals surface area contributed by atoms with Crippen LogP contribution in [0.4, 0.5) is 0 Å². The first kappa shape index (κ1) is 13.0. The first-order chi connectivity index (χ1) is 7.20. The molecule has 0 aromatic heterocycles. The number of carbonyl (C=O) groups excluding carboxylic acids is 2. The summed E-state index contributed by atoms with van der Waals surface area (Å²) >= 11 is 0. The topological polar surface area (TPSA) is 55.4 Å². The van der Waals surface area contributed by atoms with E-state index < -0.39 is 11.9 Å². The summed E-state index contributed by atoms with van der Waals surface area (Å²) in [5.74, 6) is 1.25. The quantitative estimate of drug-likeness (QED) is 0.307. The second kappa shape index (κ2) is 8.57. The molecule has 0 rings (SSSR count). The van der Waals surface area contributed by atoms with Crippen LogP contribution in [0.5, 0.6) is 0 Å². The van der Waals surface area contributed by atoms with Crippen molar-refractivity contribution in [1.29, 1.82) is 0 Å². The molecule has 0 bridgehead atoms. The second-order valence-electron chi connectivity index (χ2n) is 2.47.